The highest BCUT2D eigenvalue weighted by atomic mass is 32.1. The van der Waals surface area contributed by atoms with Gasteiger partial charge in [-0.2, -0.15) is 12.6 Å². The Labute approximate surface area is 91.2 Å². The summed E-state index contributed by atoms with van der Waals surface area (Å²) in [5.41, 5.74) is -0.00163. The molecule has 1 rings (SSSR count). The Morgan fingerprint density at radius 2 is 2.14 bits per heavy atom. The third-order valence-electron chi connectivity index (χ3n) is 2.59. The van der Waals surface area contributed by atoms with Gasteiger partial charge in [-0.05, 0) is 11.2 Å². The molecule has 1 saturated heterocycles. The summed E-state index contributed by atoms with van der Waals surface area (Å²) in [5, 5.41) is 0. The van der Waals surface area contributed by atoms with Crippen molar-refractivity contribution in [2.75, 3.05) is 26.0 Å². The third-order valence-corrected chi connectivity index (χ3v) is 3.45. The standard InChI is InChI=1S/C10H19NO2S/c1-10(2,7-14)4-9(12)11-5-8(6-11)13-3/h8,14H,4-7H2,1-3H3. The monoisotopic (exact) mass is 217 g/mol. The molecule has 0 aromatic rings. The minimum Gasteiger partial charge on any atom is -0.378 e. The van der Waals surface area contributed by atoms with Gasteiger partial charge in [0, 0.05) is 26.6 Å². The molecule has 4 heteroatoms. The summed E-state index contributed by atoms with van der Waals surface area (Å²) >= 11 is 4.23. The summed E-state index contributed by atoms with van der Waals surface area (Å²) in [5.74, 6) is 0.956. The molecular formula is C10H19NO2S. The van der Waals surface area contributed by atoms with Gasteiger partial charge in [0.05, 0.1) is 6.10 Å². The SMILES string of the molecule is COC1CN(C(=O)CC(C)(C)CS)C1. The van der Waals surface area contributed by atoms with Gasteiger partial charge >= 0.3 is 0 Å². The zero-order chi connectivity index (χ0) is 10.8. The van der Waals surface area contributed by atoms with Gasteiger partial charge in [-0.25, -0.2) is 0 Å². The first kappa shape index (κ1) is 11.9. The van der Waals surface area contributed by atoms with Crippen molar-refractivity contribution in [3.63, 3.8) is 0 Å². The average molecular weight is 217 g/mol. The number of methoxy groups -OCH3 is 1. The largest absolute Gasteiger partial charge is 0.378 e. The van der Waals surface area contributed by atoms with Gasteiger partial charge in [0.1, 0.15) is 0 Å². The van der Waals surface area contributed by atoms with Crippen LogP contribution in [0.3, 0.4) is 0 Å². The molecule has 0 aromatic carbocycles. The van der Waals surface area contributed by atoms with E-state index in [2.05, 4.69) is 26.5 Å². The average Bonchev–Trinajstić information content (AvgIpc) is 2.01. The first-order valence-corrected chi connectivity index (χ1v) is 5.53. The lowest BCUT2D eigenvalue weighted by atomic mass is 9.90. The molecule has 3 nitrogen and oxygen atoms in total. The van der Waals surface area contributed by atoms with Gasteiger partial charge in [-0.15, -0.1) is 0 Å². The molecule has 0 spiro atoms. The van der Waals surface area contributed by atoms with E-state index in [0.29, 0.717) is 6.42 Å². The first-order chi connectivity index (χ1) is 6.48. The first-order valence-electron chi connectivity index (χ1n) is 4.90. The van der Waals surface area contributed by atoms with Crippen LogP contribution in [0.25, 0.3) is 0 Å². The maximum atomic E-state index is 11.7. The lowest BCUT2D eigenvalue weighted by Crippen LogP contribution is -2.55. The molecule has 1 aliphatic rings. The second-order valence-electron chi connectivity index (χ2n) is 4.66. The number of carbonyl (C=O) groups is 1. The van der Waals surface area contributed by atoms with E-state index < -0.39 is 0 Å². The van der Waals surface area contributed by atoms with E-state index >= 15 is 0 Å². The van der Waals surface area contributed by atoms with Gasteiger partial charge in [0.2, 0.25) is 5.91 Å². The number of thiol groups is 1. The zero-order valence-corrected chi connectivity index (χ0v) is 10.0. The maximum Gasteiger partial charge on any atom is 0.223 e. The molecule has 1 heterocycles. The molecule has 1 amide bonds. The van der Waals surface area contributed by atoms with E-state index in [1.807, 2.05) is 4.90 Å². The highest BCUT2D eigenvalue weighted by Gasteiger charge is 2.32. The molecular weight excluding hydrogens is 198 g/mol. The maximum absolute atomic E-state index is 11.7. The van der Waals surface area contributed by atoms with Crippen molar-refractivity contribution >= 4 is 18.5 Å². The Morgan fingerprint density at radius 1 is 1.57 bits per heavy atom. The molecule has 0 radical (unpaired) electrons. The molecule has 82 valence electrons. The third kappa shape index (κ3) is 2.89. The second-order valence-corrected chi connectivity index (χ2v) is 4.97. The zero-order valence-electron chi connectivity index (χ0n) is 9.12. The topological polar surface area (TPSA) is 29.5 Å². The van der Waals surface area contributed by atoms with Crippen molar-refractivity contribution in [3.05, 3.63) is 0 Å². The smallest absolute Gasteiger partial charge is 0.223 e. The van der Waals surface area contributed by atoms with Crippen molar-refractivity contribution in [2.24, 2.45) is 5.41 Å². The van der Waals surface area contributed by atoms with Gasteiger partial charge in [-0.1, -0.05) is 13.8 Å². The number of hydrogen-bond donors (Lipinski definition) is 1. The van der Waals surface area contributed by atoms with Crippen LogP contribution in [0.1, 0.15) is 20.3 Å². The van der Waals surface area contributed by atoms with Crippen molar-refractivity contribution in [3.8, 4) is 0 Å². The highest BCUT2D eigenvalue weighted by Crippen LogP contribution is 2.24. The molecule has 0 unspecified atom stereocenters. The fraction of sp³-hybridized carbons (Fsp3) is 0.900. The molecule has 0 atom stereocenters. The summed E-state index contributed by atoms with van der Waals surface area (Å²) in [7, 11) is 1.68. The Bertz CT molecular complexity index is 212. The van der Waals surface area contributed by atoms with Gasteiger partial charge in [0.15, 0.2) is 0 Å². The van der Waals surface area contributed by atoms with Crippen LogP contribution in [0.2, 0.25) is 0 Å². The quantitative estimate of drug-likeness (QED) is 0.717. The Morgan fingerprint density at radius 3 is 2.57 bits per heavy atom. The van der Waals surface area contributed by atoms with Crippen molar-refractivity contribution < 1.29 is 9.53 Å². The van der Waals surface area contributed by atoms with E-state index in [9.17, 15) is 4.79 Å². The second kappa shape index (κ2) is 4.53. The number of ether oxygens (including phenoxy) is 1. The van der Waals surface area contributed by atoms with Crippen LogP contribution >= 0.6 is 12.6 Å². The number of hydrogen-bond acceptors (Lipinski definition) is 3. The molecule has 0 bridgehead atoms. The summed E-state index contributed by atoms with van der Waals surface area (Å²) in [4.78, 5) is 13.5. The lowest BCUT2D eigenvalue weighted by Gasteiger charge is -2.39. The van der Waals surface area contributed by atoms with Gasteiger partial charge in [-0.3, -0.25) is 4.79 Å². The van der Waals surface area contributed by atoms with E-state index in [-0.39, 0.29) is 17.4 Å². The van der Waals surface area contributed by atoms with Crippen LogP contribution in [-0.2, 0) is 9.53 Å². The summed E-state index contributed by atoms with van der Waals surface area (Å²) < 4.78 is 5.11. The molecule has 0 aliphatic carbocycles. The Balaban J connectivity index is 2.31. The van der Waals surface area contributed by atoms with E-state index in [0.717, 1.165) is 18.8 Å². The number of carbonyl (C=O) groups excluding carboxylic acids is 1. The van der Waals surface area contributed by atoms with Crippen LogP contribution in [0.15, 0.2) is 0 Å². The van der Waals surface area contributed by atoms with Gasteiger partial charge in [0.25, 0.3) is 0 Å². The van der Waals surface area contributed by atoms with E-state index in [1.54, 1.807) is 7.11 Å². The highest BCUT2D eigenvalue weighted by molar-refractivity contribution is 7.80. The summed E-state index contributed by atoms with van der Waals surface area (Å²) in [6, 6.07) is 0. The number of amides is 1. The van der Waals surface area contributed by atoms with Crippen LogP contribution in [0.5, 0.6) is 0 Å². The number of nitrogens with zero attached hydrogens (tertiary/aromatic N) is 1. The molecule has 0 saturated carbocycles. The molecule has 0 aromatic heterocycles. The van der Waals surface area contributed by atoms with Crippen LogP contribution in [-0.4, -0.2) is 42.9 Å². The fourth-order valence-corrected chi connectivity index (χ4v) is 1.48. The van der Waals surface area contributed by atoms with Gasteiger partial charge < -0.3 is 9.64 Å². The normalized spacial score (nSPS) is 18.1. The minimum atomic E-state index is -0.00163. The van der Waals surface area contributed by atoms with Crippen LogP contribution in [0, 0.1) is 5.41 Å². The summed E-state index contributed by atoms with van der Waals surface area (Å²) in [6.07, 6.45) is 0.825. The molecule has 1 aliphatic heterocycles. The van der Waals surface area contributed by atoms with Crippen molar-refractivity contribution in [1.82, 2.24) is 4.90 Å². The van der Waals surface area contributed by atoms with Crippen LogP contribution < -0.4 is 0 Å². The lowest BCUT2D eigenvalue weighted by molar-refractivity contribution is -0.144. The molecule has 14 heavy (non-hydrogen) atoms. The Kier molecular flexibility index (Phi) is 3.84. The van der Waals surface area contributed by atoms with Crippen LogP contribution in [0.4, 0.5) is 0 Å². The summed E-state index contributed by atoms with van der Waals surface area (Å²) in [6.45, 7) is 5.62. The molecule has 0 N–H and O–H groups in total. The van der Waals surface area contributed by atoms with E-state index in [1.165, 1.54) is 0 Å². The number of rotatable bonds is 4. The predicted molar refractivity (Wildman–Crippen MR) is 59.6 cm³/mol. The van der Waals surface area contributed by atoms with Crippen molar-refractivity contribution in [2.45, 2.75) is 26.4 Å². The molecule has 1 fully saturated rings. The fourth-order valence-electron chi connectivity index (χ4n) is 1.37. The van der Waals surface area contributed by atoms with Crippen molar-refractivity contribution in [1.29, 1.82) is 0 Å². The minimum absolute atomic E-state index is 0.00163. The number of likely N-dealkylation sites (tertiary alicyclic amines) is 1. The predicted octanol–water partition coefficient (Wildman–Crippen LogP) is 1.19. The van der Waals surface area contributed by atoms with E-state index in [4.69, 9.17) is 4.74 Å². The Hall–Kier alpha value is -0.220.